The summed E-state index contributed by atoms with van der Waals surface area (Å²) in [6.07, 6.45) is 0. The van der Waals surface area contributed by atoms with E-state index >= 15 is 0 Å². The van der Waals surface area contributed by atoms with Crippen molar-refractivity contribution in [1.29, 1.82) is 0 Å². The van der Waals surface area contributed by atoms with Gasteiger partial charge in [0.1, 0.15) is 12.4 Å². The molecule has 1 aromatic carbocycles. The summed E-state index contributed by atoms with van der Waals surface area (Å²) in [6.45, 7) is 6.38. The minimum atomic E-state index is -0.778. The number of nitrogens with zero attached hydrogens (tertiary/aromatic N) is 3. The molecule has 1 aliphatic rings. The smallest absolute Gasteiger partial charge is 0.335 e. The summed E-state index contributed by atoms with van der Waals surface area (Å²) in [4.78, 5) is 39.7. The molecule has 0 radical (unpaired) electrons. The van der Waals surface area contributed by atoms with Gasteiger partial charge in [0.2, 0.25) is 0 Å². The highest BCUT2D eigenvalue weighted by molar-refractivity contribution is 6.44. The fourth-order valence-corrected chi connectivity index (χ4v) is 2.44. The Bertz CT molecular complexity index is 644. The summed E-state index contributed by atoms with van der Waals surface area (Å²) in [7, 11) is 1.77. The van der Waals surface area contributed by atoms with Crippen molar-refractivity contribution in [3.63, 3.8) is 0 Å². The number of imide groups is 2. The Morgan fingerprint density at radius 2 is 1.88 bits per heavy atom. The minimum absolute atomic E-state index is 0.0593. The van der Waals surface area contributed by atoms with Crippen LogP contribution in [0, 0.1) is 6.92 Å². The molecule has 1 fully saturated rings. The Hall–Kier alpha value is -2.41. The molecule has 2 rings (SSSR count). The van der Waals surface area contributed by atoms with Gasteiger partial charge in [-0.3, -0.25) is 19.4 Å². The van der Waals surface area contributed by atoms with Gasteiger partial charge in [-0.05, 0) is 45.5 Å². The van der Waals surface area contributed by atoms with Crippen molar-refractivity contribution in [2.24, 2.45) is 0 Å². The van der Waals surface area contributed by atoms with Crippen LogP contribution < -0.4 is 4.74 Å². The lowest BCUT2D eigenvalue weighted by molar-refractivity contribution is -0.144. The van der Waals surface area contributed by atoms with Gasteiger partial charge in [-0.25, -0.2) is 9.69 Å². The van der Waals surface area contributed by atoms with Gasteiger partial charge in [-0.15, -0.1) is 0 Å². The molecule has 7 nitrogen and oxygen atoms in total. The summed E-state index contributed by atoms with van der Waals surface area (Å²) in [5.41, 5.74) is 1.11. The molecule has 7 heteroatoms. The third-order valence-corrected chi connectivity index (χ3v) is 3.71. The fraction of sp³-hybridized carbons (Fsp3) is 0.471. The van der Waals surface area contributed by atoms with E-state index in [1.54, 1.807) is 25.8 Å². The van der Waals surface area contributed by atoms with Crippen LogP contribution in [0.5, 0.6) is 5.75 Å². The summed E-state index contributed by atoms with van der Waals surface area (Å²) in [5, 5.41) is 0. The van der Waals surface area contributed by atoms with Gasteiger partial charge in [0.15, 0.2) is 0 Å². The Balaban J connectivity index is 1.86. The molecule has 1 saturated heterocycles. The summed E-state index contributed by atoms with van der Waals surface area (Å²) in [5.74, 6) is -0.766. The summed E-state index contributed by atoms with van der Waals surface area (Å²) in [6, 6.07) is 6.82. The number of carbonyl (C=O) groups is 3. The largest absolute Gasteiger partial charge is 0.492 e. The van der Waals surface area contributed by atoms with Gasteiger partial charge >= 0.3 is 17.8 Å². The Morgan fingerprint density at radius 1 is 1.17 bits per heavy atom. The first-order valence-corrected chi connectivity index (χ1v) is 7.88. The average Bonchev–Trinajstić information content (AvgIpc) is 2.71. The van der Waals surface area contributed by atoms with Crippen molar-refractivity contribution in [2.45, 2.75) is 26.8 Å². The molecule has 130 valence electrons. The third-order valence-electron chi connectivity index (χ3n) is 3.71. The van der Waals surface area contributed by atoms with E-state index in [0.717, 1.165) is 21.1 Å². The second kappa shape index (κ2) is 7.44. The van der Waals surface area contributed by atoms with E-state index in [1.165, 1.54) is 0 Å². The van der Waals surface area contributed by atoms with Gasteiger partial charge in [0.05, 0.1) is 6.67 Å². The monoisotopic (exact) mass is 333 g/mol. The highest BCUT2D eigenvalue weighted by Gasteiger charge is 2.45. The van der Waals surface area contributed by atoms with Crippen LogP contribution in [0.15, 0.2) is 24.3 Å². The second-order valence-corrected chi connectivity index (χ2v) is 6.17. The van der Waals surface area contributed by atoms with Gasteiger partial charge in [0, 0.05) is 12.6 Å². The standard InChI is InChI=1S/C17H23N3O4/c1-12(2)20-16(22)15(21)19(17(20)23)11-18(4)8-9-24-14-7-5-6-13(3)10-14/h5-7,10,12H,8-9,11H2,1-4H3. The first kappa shape index (κ1) is 17.9. The van der Waals surface area contributed by atoms with Crippen LogP contribution in [0.25, 0.3) is 0 Å². The first-order valence-electron chi connectivity index (χ1n) is 7.88. The molecule has 0 unspecified atom stereocenters. The fourth-order valence-electron chi connectivity index (χ4n) is 2.44. The van der Waals surface area contributed by atoms with Crippen molar-refractivity contribution >= 4 is 17.8 Å². The molecule has 1 heterocycles. The van der Waals surface area contributed by atoms with Crippen LogP contribution in [0.2, 0.25) is 0 Å². The molecule has 0 saturated carbocycles. The molecule has 0 atom stereocenters. The number of benzene rings is 1. The van der Waals surface area contributed by atoms with Gasteiger partial charge in [-0.2, -0.15) is 0 Å². The van der Waals surface area contributed by atoms with Crippen LogP contribution in [-0.4, -0.2) is 65.5 Å². The number of amides is 4. The lowest BCUT2D eigenvalue weighted by atomic mass is 10.2. The SMILES string of the molecule is Cc1cccc(OCCN(C)CN2C(=O)C(=O)N(C(C)C)C2=O)c1. The third kappa shape index (κ3) is 3.91. The zero-order chi connectivity index (χ0) is 17.9. The van der Waals surface area contributed by atoms with Crippen LogP contribution in [0.1, 0.15) is 19.4 Å². The number of carbonyl (C=O) groups excluding carboxylic acids is 3. The molecule has 4 amide bonds. The number of hydrogen-bond donors (Lipinski definition) is 0. The highest BCUT2D eigenvalue weighted by Crippen LogP contribution is 2.16. The summed E-state index contributed by atoms with van der Waals surface area (Å²) >= 11 is 0. The molecular formula is C17H23N3O4. The number of ether oxygens (including phenoxy) is 1. The van der Waals surface area contributed by atoms with E-state index in [9.17, 15) is 14.4 Å². The van der Waals surface area contributed by atoms with Crippen molar-refractivity contribution in [1.82, 2.24) is 14.7 Å². The molecule has 0 N–H and O–H groups in total. The maximum Gasteiger partial charge on any atom is 0.335 e. The quantitative estimate of drug-likeness (QED) is 0.558. The van der Waals surface area contributed by atoms with E-state index in [0.29, 0.717) is 13.2 Å². The molecule has 0 bridgehead atoms. The number of urea groups is 1. The number of hydrogen-bond acceptors (Lipinski definition) is 5. The van der Waals surface area contributed by atoms with E-state index in [-0.39, 0.29) is 12.7 Å². The lowest BCUT2D eigenvalue weighted by Gasteiger charge is -2.23. The second-order valence-electron chi connectivity index (χ2n) is 6.17. The molecule has 1 aromatic rings. The predicted molar refractivity (Wildman–Crippen MR) is 88.4 cm³/mol. The van der Waals surface area contributed by atoms with Crippen LogP contribution in [0.3, 0.4) is 0 Å². The molecule has 24 heavy (non-hydrogen) atoms. The Morgan fingerprint density at radius 3 is 2.46 bits per heavy atom. The maximum absolute atomic E-state index is 12.2. The lowest BCUT2D eigenvalue weighted by Crippen LogP contribution is -2.43. The van der Waals surface area contributed by atoms with E-state index in [2.05, 4.69) is 0 Å². The number of likely N-dealkylation sites (N-methyl/N-ethyl adjacent to an activating group) is 1. The molecule has 0 spiro atoms. The Labute approximate surface area is 141 Å². The predicted octanol–water partition coefficient (Wildman–Crippen LogP) is 1.46. The van der Waals surface area contributed by atoms with Gasteiger partial charge in [-0.1, -0.05) is 12.1 Å². The molecule has 0 aliphatic carbocycles. The van der Waals surface area contributed by atoms with Crippen molar-refractivity contribution < 1.29 is 19.1 Å². The molecule has 1 aliphatic heterocycles. The van der Waals surface area contributed by atoms with Crippen LogP contribution >= 0.6 is 0 Å². The normalized spacial score (nSPS) is 15.2. The van der Waals surface area contributed by atoms with Crippen molar-refractivity contribution in [3.8, 4) is 5.75 Å². The molecule has 0 aromatic heterocycles. The van der Waals surface area contributed by atoms with Gasteiger partial charge in [0.25, 0.3) is 0 Å². The highest BCUT2D eigenvalue weighted by atomic mass is 16.5. The topological polar surface area (TPSA) is 70.2 Å². The first-order chi connectivity index (χ1) is 11.3. The number of aryl methyl sites for hydroxylation is 1. The zero-order valence-electron chi connectivity index (χ0n) is 14.5. The zero-order valence-corrected chi connectivity index (χ0v) is 14.5. The van der Waals surface area contributed by atoms with Crippen LogP contribution in [0.4, 0.5) is 4.79 Å². The minimum Gasteiger partial charge on any atom is -0.492 e. The maximum atomic E-state index is 12.2. The van der Waals surface area contributed by atoms with E-state index in [4.69, 9.17) is 4.74 Å². The molecular weight excluding hydrogens is 310 g/mol. The van der Waals surface area contributed by atoms with Crippen LogP contribution in [-0.2, 0) is 9.59 Å². The summed E-state index contributed by atoms with van der Waals surface area (Å²) < 4.78 is 5.65. The van der Waals surface area contributed by atoms with Crippen molar-refractivity contribution in [3.05, 3.63) is 29.8 Å². The van der Waals surface area contributed by atoms with Crippen molar-refractivity contribution in [2.75, 3.05) is 26.9 Å². The average molecular weight is 333 g/mol. The number of rotatable bonds is 7. The Kier molecular flexibility index (Phi) is 5.56. The van der Waals surface area contributed by atoms with E-state index in [1.807, 2.05) is 31.2 Å². The van der Waals surface area contributed by atoms with E-state index < -0.39 is 17.8 Å². The van der Waals surface area contributed by atoms with Gasteiger partial charge < -0.3 is 4.74 Å².